The molecule has 0 unspecified atom stereocenters. The lowest BCUT2D eigenvalue weighted by atomic mass is 9.65. The highest BCUT2D eigenvalue weighted by atomic mass is 32.1. The number of hydrogen-bond acceptors (Lipinski definition) is 3. The lowest BCUT2D eigenvalue weighted by molar-refractivity contribution is 0.598. The third-order valence-electron chi connectivity index (χ3n) is 15.1. The predicted molar refractivity (Wildman–Crippen MR) is 295 cm³/mol. The molecule has 0 saturated heterocycles. The number of thiophene rings is 1. The Morgan fingerprint density at radius 2 is 0.768 bits per heavy atom. The van der Waals surface area contributed by atoms with Crippen molar-refractivity contribution >= 4 is 65.6 Å². The average Bonchev–Trinajstić information content (AvgIpc) is 3.79. The van der Waals surface area contributed by atoms with Crippen LogP contribution in [0, 0.1) is 0 Å². The SMILES string of the molecule is CC1(C)c2ccccc2N2c3ccccc3C(C)(C)c3cc(-c4ccc(-c5ccc(N(c6ccc(-c7ccccc7)cc6)c6ccc(-c7cccc8c7sc7ccccc78)cc6)cc5)cc4)cc1c32. The first kappa shape index (κ1) is 41.2. The van der Waals surface area contributed by atoms with E-state index >= 15 is 0 Å². The van der Waals surface area contributed by atoms with Gasteiger partial charge in [-0.1, -0.05) is 191 Å². The second kappa shape index (κ2) is 15.8. The van der Waals surface area contributed by atoms with Gasteiger partial charge in [0.1, 0.15) is 0 Å². The first-order valence-electron chi connectivity index (χ1n) is 24.1. The summed E-state index contributed by atoms with van der Waals surface area (Å²) in [6, 6.07) is 85.3. The summed E-state index contributed by atoms with van der Waals surface area (Å²) in [6.45, 7) is 9.58. The van der Waals surface area contributed by atoms with Gasteiger partial charge in [-0.2, -0.15) is 0 Å². The van der Waals surface area contributed by atoms with E-state index in [1.165, 1.54) is 104 Å². The van der Waals surface area contributed by atoms with Crippen LogP contribution in [0.15, 0.2) is 231 Å². The second-order valence-corrected chi connectivity index (χ2v) is 20.8. The van der Waals surface area contributed by atoms with E-state index in [9.17, 15) is 0 Å². The molecule has 3 heterocycles. The van der Waals surface area contributed by atoms with Crippen LogP contribution in [0.4, 0.5) is 34.1 Å². The van der Waals surface area contributed by atoms with Gasteiger partial charge < -0.3 is 9.80 Å². The maximum Gasteiger partial charge on any atom is 0.0544 e. The summed E-state index contributed by atoms with van der Waals surface area (Å²) in [6.07, 6.45) is 0. The molecule has 0 fully saturated rings. The van der Waals surface area contributed by atoms with Crippen LogP contribution in [0.1, 0.15) is 49.9 Å². The topological polar surface area (TPSA) is 6.48 Å². The molecule has 2 nitrogen and oxygen atoms in total. The quantitative estimate of drug-likeness (QED) is 0.157. The second-order valence-electron chi connectivity index (χ2n) is 19.7. The van der Waals surface area contributed by atoms with Gasteiger partial charge >= 0.3 is 0 Å². The van der Waals surface area contributed by atoms with Crippen LogP contribution in [0.2, 0.25) is 0 Å². The molecule has 11 aromatic rings. The van der Waals surface area contributed by atoms with Gasteiger partial charge in [0.25, 0.3) is 0 Å². The van der Waals surface area contributed by atoms with Crippen molar-refractivity contribution in [2.24, 2.45) is 0 Å². The number of nitrogens with zero attached hydrogens (tertiary/aromatic N) is 2. The van der Waals surface area contributed by atoms with Gasteiger partial charge in [-0.25, -0.2) is 0 Å². The van der Waals surface area contributed by atoms with Crippen molar-refractivity contribution < 1.29 is 0 Å². The van der Waals surface area contributed by atoms with Crippen molar-refractivity contribution in [3.05, 3.63) is 253 Å². The fraction of sp³-hybridized carbons (Fsp3) is 0.0909. The maximum absolute atomic E-state index is 2.53. The number of para-hydroxylation sites is 2. The summed E-state index contributed by atoms with van der Waals surface area (Å²) in [4.78, 5) is 4.90. The smallest absolute Gasteiger partial charge is 0.0544 e. The molecule has 69 heavy (non-hydrogen) atoms. The molecular formula is C66H50N2S. The first-order chi connectivity index (χ1) is 33.7. The molecule has 330 valence electrons. The maximum atomic E-state index is 2.53. The third-order valence-corrected chi connectivity index (χ3v) is 16.3. The molecule has 0 radical (unpaired) electrons. The van der Waals surface area contributed by atoms with Gasteiger partial charge in [-0.15, -0.1) is 11.3 Å². The van der Waals surface area contributed by atoms with Crippen molar-refractivity contribution in [3.8, 4) is 44.5 Å². The van der Waals surface area contributed by atoms with Crippen molar-refractivity contribution in [2.45, 2.75) is 38.5 Å². The fourth-order valence-corrected chi connectivity index (χ4v) is 12.6. The standard InChI is InChI=1S/C66H50N2S/c1-65(2)56-20-9-11-22-60(56)68-61-23-12-10-21-57(61)66(3,4)59-42-49(41-58(65)63(59)68)47-27-25-44(26-28-47)46-31-37-51(38-32-46)67(50-35-29-45(30-36-50)43-15-6-5-7-16-43)52-39-33-48(34-40-52)53-18-14-19-55-54-17-8-13-24-62(54)69-64(53)55/h5-42H,1-4H3. The third kappa shape index (κ3) is 6.60. The summed E-state index contributed by atoms with van der Waals surface area (Å²) in [5, 5.41) is 2.64. The predicted octanol–water partition coefficient (Wildman–Crippen LogP) is 18.9. The van der Waals surface area contributed by atoms with E-state index in [4.69, 9.17) is 0 Å². The molecule has 0 atom stereocenters. The Kier molecular flexibility index (Phi) is 9.44. The Morgan fingerprint density at radius 3 is 1.32 bits per heavy atom. The lowest BCUT2D eigenvalue weighted by Crippen LogP contribution is -2.38. The van der Waals surface area contributed by atoms with E-state index in [2.05, 4.69) is 268 Å². The van der Waals surface area contributed by atoms with Gasteiger partial charge in [-0.05, 0) is 133 Å². The number of fused-ring (bicyclic) bond motifs is 7. The number of rotatable bonds is 7. The molecule has 0 saturated carbocycles. The highest BCUT2D eigenvalue weighted by Crippen LogP contribution is 2.60. The monoisotopic (exact) mass is 902 g/mol. The zero-order chi connectivity index (χ0) is 46.4. The minimum Gasteiger partial charge on any atom is -0.311 e. The highest BCUT2D eigenvalue weighted by Gasteiger charge is 2.45. The average molecular weight is 903 g/mol. The van der Waals surface area contributed by atoms with Crippen LogP contribution in [-0.2, 0) is 10.8 Å². The van der Waals surface area contributed by atoms with Gasteiger partial charge in [-0.3, -0.25) is 0 Å². The van der Waals surface area contributed by atoms with Crippen LogP contribution in [0.5, 0.6) is 0 Å². The molecule has 0 spiro atoms. The minimum absolute atomic E-state index is 0.175. The number of hydrogen-bond donors (Lipinski definition) is 0. The van der Waals surface area contributed by atoms with Crippen LogP contribution >= 0.6 is 11.3 Å². The minimum atomic E-state index is -0.175. The summed E-state index contributed by atoms with van der Waals surface area (Å²) in [5.41, 5.74) is 22.1. The molecule has 10 aromatic carbocycles. The Labute approximate surface area is 409 Å². The first-order valence-corrected chi connectivity index (χ1v) is 24.9. The molecule has 0 N–H and O–H groups in total. The normalized spacial score (nSPS) is 14.0. The molecule has 0 amide bonds. The zero-order valence-corrected chi connectivity index (χ0v) is 40.1. The summed E-state index contributed by atoms with van der Waals surface area (Å²) >= 11 is 1.88. The molecule has 0 bridgehead atoms. The highest BCUT2D eigenvalue weighted by molar-refractivity contribution is 7.26. The van der Waals surface area contributed by atoms with Crippen LogP contribution in [0.3, 0.4) is 0 Å². The molecule has 1 aromatic heterocycles. The Morgan fingerprint density at radius 1 is 0.348 bits per heavy atom. The molecular weight excluding hydrogens is 853 g/mol. The van der Waals surface area contributed by atoms with Gasteiger partial charge in [0.15, 0.2) is 0 Å². The van der Waals surface area contributed by atoms with Crippen LogP contribution in [0.25, 0.3) is 64.7 Å². The molecule has 2 aliphatic rings. The zero-order valence-electron chi connectivity index (χ0n) is 39.2. The van der Waals surface area contributed by atoms with E-state index in [1.54, 1.807) is 0 Å². The summed E-state index contributed by atoms with van der Waals surface area (Å²) < 4.78 is 2.65. The largest absolute Gasteiger partial charge is 0.311 e. The van der Waals surface area contributed by atoms with E-state index < -0.39 is 0 Å². The van der Waals surface area contributed by atoms with Crippen molar-refractivity contribution in [1.82, 2.24) is 0 Å². The van der Waals surface area contributed by atoms with Crippen molar-refractivity contribution in [3.63, 3.8) is 0 Å². The van der Waals surface area contributed by atoms with E-state index in [0.717, 1.165) is 17.1 Å². The van der Waals surface area contributed by atoms with E-state index in [0.29, 0.717) is 0 Å². The van der Waals surface area contributed by atoms with Gasteiger partial charge in [0.2, 0.25) is 0 Å². The molecule has 3 heteroatoms. The van der Waals surface area contributed by atoms with E-state index in [1.807, 2.05) is 11.3 Å². The molecule has 0 aliphatic carbocycles. The summed E-state index contributed by atoms with van der Waals surface area (Å²) in [5.74, 6) is 0. The number of benzene rings is 10. The Balaban J connectivity index is 0.847. The number of anilines is 6. The molecule has 2 aliphatic heterocycles. The lowest BCUT2D eigenvalue weighted by Gasteiger charge is -2.49. The Hall–Kier alpha value is -7.98. The van der Waals surface area contributed by atoms with Crippen LogP contribution < -0.4 is 9.80 Å². The van der Waals surface area contributed by atoms with Gasteiger partial charge in [0, 0.05) is 48.1 Å². The van der Waals surface area contributed by atoms with Crippen molar-refractivity contribution in [2.75, 3.05) is 9.80 Å². The fourth-order valence-electron chi connectivity index (χ4n) is 11.4. The van der Waals surface area contributed by atoms with Gasteiger partial charge in [0.05, 0.1) is 17.1 Å². The van der Waals surface area contributed by atoms with E-state index in [-0.39, 0.29) is 10.8 Å². The van der Waals surface area contributed by atoms with Crippen molar-refractivity contribution in [1.29, 1.82) is 0 Å². The Bertz CT molecular complexity index is 3670. The van der Waals surface area contributed by atoms with Crippen LogP contribution in [-0.4, -0.2) is 0 Å². The summed E-state index contributed by atoms with van der Waals surface area (Å²) in [7, 11) is 0. The molecule has 13 rings (SSSR count).